The Kier molecular flexibility index (Phi) is 5.16. The van der Waals surface area contributed by atoms with Gasteiger partial charge in [0, 0.05) is 23.9 Å². The van der Waals surface area contributed by atoms with Crippen molar-refractivity contribution in [3.05, 3.63) is 22.4 Å². The van der Waals surface area contributed by atoms with Crippen LogP contribution in [0.1, 0.15) is 18.2 Å². The third kappa shape index (κ3) is 3.54. The fraction of sp³-hybridized carbons (Fsp3) is 0.615. The molecule has 1 aliphatic rings. The van der Waals surface area contributed by atoms with Gasteiger partial charge < -0.3 is 9.47 Å². The van der Waals surface area contributed by atoms with Gasteiger partial charge in [0.05, 0.1) is 13.2 Å². The molecule has 0 amide bonds. The maximum Gasteiger partial charge on any atom is 0.323 e. The van der Waals surface area contributed by atoms with E-state index in [0.29, 0.717) is 19.8 Å². The van der Waals surface area contributed by atoms with Gasteiger partial charge in [0.25, 0.3) is 0 Å². The molecular weight excluding hydrogens is 250 g/mol. The van der Waals surface area contributed by atoms with Crippen LogP contribution in [0.2, 0.25) is 0 Å². The maximum absolute atomic E-state index is 12.0. The minimum Gasteiger partial charge on any atom is -0.465 e. The van der Waals surface area contributed by atoms with Crippen LogP contribution in [0.25, 0.3) is 0 Å². The summed E-state index contributed by atoms with van der Waals surface area (Å²) in [5.41, 5.74) is 0. The predicted molar refractivity (Wildman–Crippen MR) is 70.5 cm³/mol. The first-order chi connectivity index (χ1) is 8.81. The third-order valence-corrected chi connectivity index (χ3v) is 3.93. The molecule has 2 heterocycles. The largest absolute Gasteiger partial charge is 0.465 e. The van der Waals surface area contributed by atoms with Crippen molar-refractivity contribution in [2.24, 2.45) is 5.92 Å². The molecule has 2 atom stereocenters. The summed E-state index contributed by atoms with van der Waals surface area (Å²) in [4.78, 5) is 13.2. The van der Waals surface area contributed by atoms with Crippen molar-refractivity contribution in [3.63, 3.8) is 0 Å². The molecule has 1 aromatic heterocycles. The summed E-state index contributed by atoms with van der Waals surface area (Å²) in [5, 5.41) is 5.34. The molecule has 1 aromatic rings. The van der Waals surface area contributed by atoms with E-state index >= 15 is 0 Å². The Hall–Kier alpha value is -0.910. The molecule has 2 rings (SSSR count). The molecular formula is C13H19NO3S. The molecule has 0 bridgehead atoms. The number of hydrogen-bond acceptors (Lipinski definition) is 5. The summed E-state index contributed by atoms with van der Waals surface area (Å²) in [7, 11) is 0. The first-order valence-corrected chi connectivity index (χ1v) is 7.19. The highest BCUT2D eigenvalue weighted by Gasteiger charge is 2.32. The highest BCUT2D eigenvalue weighted by atomic mass is 32.1. The SMILES string of the molecule is CCOC(=O)C(NCc1cccs1)C1CCOC1. The highest BCUT2D eigenvalue weighted by Crippen LogP contribution is 2.19. The Balaban J connectivity index is 1.92. The molecule has 0 radical (unpaired) electrons. The number of ether oxygens (including phenoxy) is 2. The standard InChI is InChI=1S/C13H19NO3S/c1-2-17-13(15)12(10-5-6-16-9-10)14-8-11-4-3-7-18-11/h3-4,7,10,12,14H,2,5-6,8-9H2,1H3. The van der Waals surface area contributed by atoms with Crippen molar-refractivity contribution in [1.82, 2.24) is 5.32 Å². The second-order valence-electron chi connectivity index (χ2n) is 4.31. The Morgan fingerprint density at radius 3 is 3.22 bits per heavy atom. The first-order valence-electron chi connectivity index (χ1n) is 6.31. The first kappa shape index (κ1) is 13.5. The molecule has 1 aliphatic heterocycles. The lowest BCUT2D eigenvalue weighted by atomic mass is 9.99. The van der Waals surface area contributed by atoms with E-state index in [1.807, 2.05) is 18.4 Å². The van der Waals surface area contributed by atoms with Gasteiger partial charge in [0.2, 0.25) is 0 Å². The summed E-state index contributed by atoms with van der Waals surface area (Å²) in [5.74, 6) is 0.0635. The smallest absolute Gasteiger partial charge is 0.323 e. The van der Waals surface area contributed by atoms with Crippen molar-refractivity contribution < 1.29 is 14.3 Å². The third-order valence-electron chi connectivity index (χ3n) is 3.05. The van der Waals surface area contributed by atoms with Crippen molar-refractivity contribution in [1.29, 1.82) is 0 Å². The van der Waals surface area contributed by atoms with Gasteiger partial charge >= 0.3 is 5.97 Å². The van der Waals surface area contributed by atoms with Gasteiger partial charge in [-0.05, 0) is 24.8 Å². The van der Waals surface area contributed by atoms with Crippen LogP contribution >= 0.6 is 11.3 Å². The summed E-state index contributed by atoms with van der Waals surface area (Å²) < 4.78 is 10.5. The van der Waals surface area contributed by atoms with Crippen LogP contribution in [0.5, 0.6) is 0 Å². The second kappa shape index (κ2) is 6.87. The van der Waals surface area contributed by atoms with E-state index in [1.54, 1.807) is 11.3 Å². The Bertz CT molecular complexity index is 360. The van der Waals surface area contributed by atoms with E-state index in [1.165, 1.54) is 4.88 Å². The van der Waals surface area contributed by atoms with Crippen LogP contribution in [0.15, 0.2) is 17.5 Å². The van der Waals surface area contributed by atoms with Gasteiger partial charge in [0.15, 0.2) is 0 Å². The lowest BCUT2D eigenvalue weighted by molar-refractivity contribution is -0.147. The molecule has 1 fully saturated rings. The Morgan fingerprint density at radius 1 is 1.72 bits per heavy atom. The highest BCUT2D eigenvalue weighted by molar-refractivity contribution is 7.09. The number of carbonyl (C=O) groups excluding carboxylic acids is 1. The van der Waals surface area contributed by atoms with Crippen molar-refractivity contribution in [2.45, 2.75) is 25.9 Å². The van der Waals surface area contributed by atoms with Crippen LogP contribution in [-0.4, -0.2) is 31.8 Å². The fourth-order valence-corrected chi connectivity index (χ4v) is 2.77. The van der Waals surface area contributed by atoms with E-state index < -0.39 is 0 Å². The van der Waals surface area contributed by atoms with E-state index in [0.717, 1.165) is 13.0 Å². The molecule has 0 spiro atoms. The predicted octanol–water partition coefficient (Wildman–Crippen LogP) is 1.81. The number of esters is 1. The normalized spacial score (nSPS) is 20.8. The molecule has 0 aliphatic carbocycles. The molecule has 2 unspecified atom stereocenters. The molecule has 4 nitrogen and oxygen atoms in total. The monoisotopic (exact) mass is 269 g/mol. The molecule has 0 saturated carbocycles. The van der Waals surface area contributed by atoms with Crippen LogP contribution in [0.4, 0.5) is 0 Å². The maximum atomic E-state index is 12.0. The number of nitrogens with one attached hydrogen (secondary N) is 1. The van der Waals surface area contributed by atoms with Crippen LogP contribution < -0.4 is 5.32 Å². The zero-order chi connectivity index (χ0) is 12.8. The van der Waals surface area contributed by atoms with Gasteiger partial charge in [0.1, 0.15) is 6.04 Å². The minimum atomic E-state index is -0.255. The average Bonchev–Trinajstić information content (AvgIpc) is 3.01. The van der Waals surface area contributed by atoms with E-state index in [-0.39, 0.29) is 17.9 Å². The van der Waals surface area contributed by atoms with E-state index in [2.05, 4.69) is 11.4 Å². The molecule has 5 heteroatoms. The van der Waals surface area contributed by atoms with E-state index in [4.69, 9.17) is 9.47 Å². The molecule has 1 saturated heterocycles. The van der Waals surface area contributed by atoms with Crippen LogP contribution in [0, 0.1) is 5.92 Å². The fourth-order valence-electron chi connectivity index (χ4n) is 2.11. The molecule has 18 heavy (non-hydrogen) atoms. The van der Waals surface area contributed by atoms with Gasteiger partial charge in [-0.1, -0.05) is 6.07 Å². The van der Waals surface area contributed by atoms with Crippen molar-refractivity contribution >= 4 is 17.3 Å². The van der Waals surface area contributed by atoms with Crippen LogP contribution in [-0.2, 0) is 20.8 Å². The number of thiophene rings is 1. The van der Waals surface area contributed by atoms with Crippen molar-refractivity contribution in [3.8, 4) is 0 Å². The average molecular weight is 269 g/mol. The number of carbonyl (C=O) groups is 1. The minimum absolute atomic E-state index is 0.162. The summed E-state index contributed by atoms with van der Waals surface area (Å²) in [6.45, 7) is 4.34. The number of rotatable bonds is 6. The summed E-state index contributed by atoms with van der Waals surface area (Å²) >= 11 is 1.69. The molecule has 1 N–H and O–H groups in total. The summed E-state index contributed by atoms with van der Waals surface area (Å²) in [6.07, 6.45) is 0.918. The lowest BCUT2D eigenvalue weighted by Crippen LogP contribution is -2.43. The number of hydrogen-bond donors (Lipinski definition) is 1. The topological polar surface area (TPSA) is 47.6 Å². The molecule has 100 valence electrons. The Labute approximate surface area is 111 Å². The van der Waals surface area contributed by atoms with Gasteiger partial charge in [-0.3, -0.25) is 10.1 Å². The Morgan fingerprint density at radius 2 is 2.61 bits per heavy atom. The van der Waals surface area contributed by atoms with Gasteiger partial charge in [-0.2, -0.15) is 0 Å². The van der Waals surface area contributed by atoms with Crippen LogP contribution in [0.3, 0.4) is 0 Å². The zero-order valence-electron chi connectivity index (χ0n) is 10.6. The zero-order valence-corrected chi connectivity index (χ0v) is 11.4. The second-order valence-corrected chi connectivity index (χ2v) is 5.35. The van der Waals surface area contributed by atoms with Crippen molar-refractivity contribution in [2.75, 3.05) is 19.8 Å². The van der Waals surface area contributed by atoms with Gasteiger partial charge in [-0.25, -0.2) is 0 Å². The van der Waals surface area contributed by atoms with E-state index in [9.17, 15) is 4.79 Å². The lowest BCUT2D eigenvalue weighted by Gasteiger charge is -2.21. The van der Waals surface area contributed by atoms with Gasteiger partial charge in [-0.15, -0.1) is 11.3 Å². The molecule has 0 aromatic carbocycles. The quantitative estimate of drug-likeness (QED) is 0.800. The summed E-state index contributed by atoms with van der Waals surface area (Å²) in [6, 6.07) is 3.82.